The van der Waals surface area contributed by atoms with Gasteiger partial charge in [0.1, 0.15) is 6.54 Å². The molecule has 2 atom stereocenters. The highest BCUT2D eigenvalue weighted by Crippen LogP contribution is 2.38. The maximum atomic E-state index is 12.7. The van der Waals surface area contributed by atoms with Gasteiger partial charge in [0.2, 0.25) is 17.7 Å². The van der Waals surface area contributed by atoms with E-state index in [9.17, 15) is 14.4 Å². The molecule has 4 rings (SSSR count). The molecule has 0 bridgehead atoms. The second-order valence-electron chi connectivity index (χ2n) is 8.23. The molecule has 1 aliphatic carbocycles. The molecule has 0 spiro atoms. The van der Waals surface area contributed by atoms with Crippen LogP contribution in [0.5, 0.6) is 0 Å². The van der Waals surface area contributed by atoms with Crippen LogP contribution < -0.4 is 10.2 Å². The fraction of sp³-hybridized carbons (Fsp3) is 0.591. The molecule has 1 aromatic carbocycles. The third kappa shape index (κ3) is 3.77. The number of amides is 3. The summed E-state index contributed by atoms with van der Waals surface area (Å²) in [4.78, 5) is 41.4. The van der Waals surface area contributed by atoms with E-state index in [-0.39, 0.29) is 36.1 Å². The second-order valence-corrected chi connectivity index (χ2v) is 8.23. The molecule has 1 saturated carbocycles. The summed E-state index contributed by atoms with van der Waals surface area (Å²) in [5, 5.41) is 2.95. The van der Waals surface area contributed by atoms with E-state index in [0.29, 0.717) is 0 Å². The number of imide groups is 1. The number of carbonyl (C=O) groups excluding carboxylic acids is 3. The van der Waals surface area contributed by atoms with Gasteiger partial charge in [-0.05, 0) is 37.8 Å². The average Bonchev–Trinajstić information content (AvgIpc) is 2.91. The van der Waals surface area contributed by atoms with Gasteiger partial charge in [0, 0.05) is 13.1 Å². The molecule has 6 heteroatoms. The number of nitrogens with one attached hydrogen (secondary N) is 1. The third-order valence-corrected chi connectivity index (χ3v) is 6.36. The molecule has 2 aliphatic heterocycles. The summed E-state index contributed by atoms with van der Waals surface area (Å²) in [6, 6.07) is 7.80. The Labute approximate surface area is 166 Å². The van der Waals surface area contributed by atoms with Gasteiger partial charge in [-0.1, -0.05) is 37.8 Å². The molecule has 2 unspecified atom stereocenters. The van der Waals surface area contributed by atoms with E-state index in [0.717, 1.165) is 63.0 Å². The summed E-state index contributed by atoms with van der Waals surface area (Å²) in [6.45, 7) is 1.79. The Morgan fingerprint density at radius 2 is 1.50 bits per heavy atom. The van der Waals surface area contributed by atoms with E-state index >= 15 is 0 Å². The Morgan fingerprint density at radius 3 is 2.14 bits per heavy atom. The summed E-state index contributed by atoms with van der Waals surface area (Å²) in [5.41, 5.74) is 1.77. The Balaban J connectivity index is 1.44. The van der Waals surface area contributed by atoms with Crippen LogP contribution in [-0.4, -0.2) is 42.3 Å². The van der Waals surface area contributed by atoms with Crippen molar-refractivity contribution in [3.63, 3.8) is 0 Å². The zero-order valence-electron chi connectivity index (χ0n) is 16.4. The lowest BCUT2D eigenvalue weighted by molar-refractivity contribution is -0.142. The molecule has 2 saturated heterocycles. The van der Waals surface area contributed by atoms with Crippen LogP contribution in [0.2, 0.25) is 0 Å². The molecule has 3 aliphatic rings. The molecule has 3 amide bonds. The lowest BCUT2D eigenvalue weighted by Crippen LogP contribution is -2.38. The summed E-state index contributed by atoms with van der Waals surface area (Å²) in [5.74, 6) is -1.05. The number of carbonyl (C=O) groups is 3. The van der Waals surface area contributed by atoms with Gasteiger partial charge in [0.25, 0.3) is 0 Å². The van der Waals surface area contributed by atoms with E-state index in [1.54, 1.807) is 0 Å². The van der Waals surface area contributed by atoms with E-state index < -0.39 is 0 Å². The van der Waals surface area contributed by atoms with Crippen LogP contribution >= 0.6 is 0 Å². The van der Waals surface area contributed by atoms with Crippen molar-refractivity contribution in [2.45, 2.75) is 51.4 Å². The number of fused-ring (bicyclic) bond motifs is 1. The minimum absolute atomic E-state index is 0.161. The highest BCUT2D eigenvalue weighted by Gasteiger charge is 2.48. The van der Waals surface area contributed by atoms with Gasteiger partial charge in [-0.3, -0.25) is 19.3 Å². The van der Waals surface area contributed by atoms with Crippen LogP contribution in [-0.2, 0) is 14.4 Å². The summed E-state index contributed by atoms with van der Waals surface area (Å²) in [7, 11) is 0. The van der Waals surface area contributed by atoms with Crippen molar-refractivity contribution >= 4 is 29.1 Å². The van der Waals surface area contributed by atoms with E-state index in [1.165, 1.54) is 17.7 Å². The number of hydrogen-bond donors (Lipinski definition) is 1. The average molecular weight is 383 g/mol. The van der Waals surface area contributed by atoms with Gasteiger partial charge in [-0.15, -0.1) is 0 Å². The van der Waals surface area contributed by atoms with Crippen molar-refractivity contribution in [3.05, 3.63) is 24.3 Å². The zero-order valence-corrected chi connectivity index (χ0v) is 16.4. The van der Waals surface area contributed by atoms with Crippen LogP contribution in [0, 0.1) is 11.8 Å². The van der Waals surface area contributed by atoms with E-state index in [1.807, 2.05) is 24.3 Å². The molecule has 150 valence electrons. The van der Waals surface area contributed by atoms with Crippen LogP contribution in [0.3, 0.4) is 0 Å². The first-order chi connectivity index (χ1) is 13.6. The third-order valence-electron chi connectivity index (χ3n) is 6.36. The molecule has 2 heterocycles. The van der Waals surface area contributed by atoms with Crippen molar-refractivity contribution < 1.29 is 14.4 Å². The molecular formula is C22H29N3O3. The smallest absolute Gasteiger partial charge is 0.244 e. The van der Waals surface area contributed by atoms with Gasteiger partial charge in [-0.25, -0.2) is 0 Å². The highest BCUT2D eigenvalue weighted by molar-refractivity contribution is 6.09. The number of nitrogens with zero attached hydrogens (tertiary/aromatic N) is 2. The SMILES string of the molecule is O=C(CN1C(=O)C2CCCCC2C1=O)Nc1ccccc1N1CCCCCC1. The number of para-hydroxylation sites is 2. The Bertz CT molecular complexity index is 731. The molecule has 1 aromatic rings. The van der Waals surface area contributed by atoms with E-state index in [2.05, 4.69) is 10.2 Å². The number of hydrogen-bond acceptors (Lipinski definition) is 4. The van der Waals surface area contributed by atoms with Gasteiger partial charge in [-0.2, -0.15) is 0 Å². The molecule has 6 nitrogen and oxygen atoms in total. The van der Waals surface area contributed by atoms with Crippen LogP contribution in [0.15, 0.2) is 24.3 Å². The predicted molar refractivity (Wildman–Crippen MR) is 108 cm³/mol. The summed E-state index contributed by atoms with van der Waals surface area (Å²) < 4.78 is 0. The lowest BCUT2D eigenvalue weighted by atomic mass is 9.81. The molecular weight excluding hydrogens is 354 g/mol. The molecule has 0 aromatic heterocycles. The van der Waals surface area contributed by atoms with Gasteiger partial charge < -0.3 is 10.2 Å². The number of benzene rings is 1. The Kier molecular flexibility index (Phi) is 5.64. The van der Waals surface area contributed by atoms with Crippen molar-refractivity contribution in [2.24, 2.45) is 11.8 Å². The van der Waals surface area contributed by atoms with Crippen molar-refractivity contribution in [1.82, 2.24) is 4.90 Å². The van der Waals surface area contributed by atoms with Gasteiger partial charge >= 0.3 is 0 Å². The fourth-order valence-electron chi connectivity index (χ4n) is 4.89. The minimum atomic E-state index is -0.303. The summed E-state index contributed by atoms with van der Waals surface area (Å²) in [6.07, 6.45) is 8.31. The number of rotatable bonds is 4. The summed E-state index contributed by atoms with van der Waals surface area (Å²) >= 11 is 0. The largest absolute Gasteiger partial charge is 0.370 e. The quantitative estimate of drug-likeness (QED) is 0.811. The van der Waals surface area contributed by atoms with Crippen molar-refractivity contribution in [3.8, 4) is 0 Å². The zero-order chi connectivity index (χ0) is 19.5. The Morgan fingerprint density at radius 1 is 0.893 bits per heavy atom. The highest BCUT2D eigenvalue weighted by atomic mass is 16.2. The predicted octanol–water partition coefficient (Wildman–Crippen LogP) is 3.18. The lowest BCUT2D eigenvalue weighted by Gasteiger charge is -2.25. The topological polar surface area (TPSA) is 69.7 Å². The number of anilines is 2. The first-order valence-corrected chi connectivity index (χ1v) is 10.6. The van der Waals surface area contributed by atoms with E-state index in [4.69, 9.17) is 0 Å². The normalized spacial score (nSPS) is 25.4. The molecule has 3 fully saturated rings. The van der Waals surface area contributed by atoms with Gasteiger partial charge in [0.05, 0.1) is 23.2 Å². The first kappa shape index (κ1) is 19.0. The fourth-order valence-corrected chi connectivity index (χ4v) is 4.89. The van der Waals surface area contributed by atoms with Crippen LogP contribution in [0.25, 0.3) is 0 Å². The maximum absolute atomic E-state index is 12.7. The molecule has 0 radical (unpaired) electrons. The second kappa shape index (κ2) is 8.33. The first-order valence-electron chi connectivity index (χ1n) is 10.6. The van der Waals surface area contributed by atoms with Crippen molar-refractivity contribution in [1.29, 1.82) is 0 Å². The Hall–Kier alpha value is -2.37. The van der Waals surface area contributed by atoms with Gasteiger partial charge in [0.15, 0.2) is 0 Å². The van der Waals surface area contributed by atoms with Crippen LogP contribution in [0.4, 0.5) is 11.4 Å². The van der Waals surface area contributed by atoms with Crippen LogP contribution in [0.1, 0.15) is 51.4 Å². The number of likely N-dealkylation sites (tertiary alicyclic amines) is 1. The molecule has 28 heavy (non-hydrogen) atoms. The minimum Gasteiger partial charge on any atom is -0.370 e. The van der Waals surface area contributed by atoms with Crippen molar-refractivity contribution in [2.75, 3.05) is 29.9 Å². The maximum Gasteiger partial charge on any atom is 0.244 e. The monoisotopic (exact) mass is 383 g/mol. The molecule has 1 N–H and O–H groups in total. The standard InChI is InChI=1S/C22H29N3O3/c26-20(15-25-21(27)16-9-3-4-10-17(16)22(25)28)23-18-11-5-6-12-19(18)24-13-7-1-2-8-14-24/h5-6,11-12,16-17H,1-4,7-10,13-15H2,(H,23,26).